The lowest BCUT2D eigenvalue weighted by Crippen LogP contribution is -2.18. The molecule has 3 rings (SSSR count). The number of halogens is 1. The predicted octanol–water partition coefficient (Wildman–Crippen LogP) is 2.94. The van der Waals surface area contributed by atoms with Crippen molar-refractivity contribution in [2.24, 2.45) is 11.7 Å². The van der Waals surface area contributed by atoms with E-state index in [1.807, 2.05) is 12.1 Å². The Labute approximate surface area is 127 Å². The summed E-state index contributed by atoms with van der Waals surface area (Å²) in [5.41, 5.74) is 7.31. The number of nitrogens with zero attached hydrogens (tertiary/aromatic N) is 3. The summed E-state index contributed by atoms with van der Waals surface area (Å²) in [5.74, 6) is 1.68. The van der Waals surface area contributed by atoms with Gasteiger partial charge in [0, 0.05) is 13.1 Å². The molecular weight excluding hydrogens is 318 g/mol. The highest BCUT2D eigenvalue weighted by Gasteiger charge is 2.14. The van der Waals surface area contributed by atoms with Crippen molar-refractivity contribution in [3.63, 3.8) is 0 Å². The van der Waals surface area contributed by atoms with E-state index in [-0.39, 0.29) is 0 Å². The number of imidazole rings is 1. The number of nitrogens with two attached hydrogens (primary N) is 1. The molecule has 0 unspecified atom stereocenters. The molecule has 2 heterocycles. The summed E-state index contributed by atoms with van der Waals surface area (Å²) in [4.78, 5) is 4.42. The zero-order chi connectivity index (χ0) is 13.9. The number of rotatable bonds is 4. The van der Waals surface area contributed by atoms with Gasteiger partial charge in [0.15, 0.2) is 5.65 Å². The number of hydrogen-bond donors (Lipinski definition) is 2. The maximum Gasteiger partial charge on any atom is 0.155 e. The normalized spacial score (nSPS) is 16.7. The highest BCUT2D eigenvalue weighted by atomic mass is 79.9. The Bertz CT molecular complexity index is 589. The Hall–Kier alpha value is -1.14. The third-order valence-corrected chi connectivity index (χ3v) is 4.77. The first-order valence-corrected chi connectivity index (χ1v) is 8.05. The van der Waals surface area contributed by atoms with Crippen LogP contribution in [0.5, 0.6) is 0 Å². The van der Waals surface area contributed by atoms with Crippen LogP contribution >= 0.6 is 15.9 Å². The van der Waals surface area contributed by atoms with Crippen LogP contribution in [0.15, 0.2) is 16.7 Å². The highest BCUT2D eigenvalue weighted by Crippen LogP contribution is 2.24. The van der Waals surface area contributed by atoms with Crippen molar-refractivity contribution in [1.82, 2.24) is 14.6 Å². The number of fused-ring (bicyclic) bond motifs is 1. The Morgan fingerprint density at radius 1 is 1.30 bits per heavy atom. The van der Waals surface area contributed by atoms with Crippen molar-refractivity contribution in [2.75, 3.05) is 11.9 Å². The topological polar surface area (TPSA) is 68.2 Å². The molecule has 1 aliphatic rings. The molecule has 1 aliphatic carbocycles. The Morgan fingerprint density at radius 2 is 2.10 bits per heavy atom. The van der Waals surface area contributed by atoms with E-state index in [2.05, 4.69) is 31.3 Å². The average molecular weight is 338 g/mol. The van der Waals surface area contributed by atoms with Gasteiger partial charge in [-0.05, 0) is 46.8 Å². The smallest absolute Gasteiger partial charge is 0.155 e. The van der Waals surface area contributed by atoms with Crippen LogP contribution in [0.3, 0.4) is 0 Å². The van der Waals surface area contributed by atoms with Gasteiger partial charge in [-0.25, -0.2) is 9.50 Å². The minimum absolute atomic E-state index is 0.411. The first-order chi connectivity index (χ1) is 9.78. The van der Waals surface area contributed by atoms with Gasteiger partial charge in [0.05, 0.1) is 5.69 Å². The van der Waals surface area contributed by atoms with Gasteiger partial charge in [-0.15, -0.1) is 5.10 Å². The second-order valence-corrected chi connectivity index (χ2v) is 6.18. The largest absolute Gasteiger partial charge is 0.368 e. The summed E-state index contributed by atoms with van der Waals surface area (Å²) in [6.45, 7) is 1.42. The van der Waals surface area contributed by atoms with E-state index in [4.69, 9.17) is 5.73 Å². The fourth-order valence-electron chi connectivity index (χ4n) is 2.82. The van der Waals surface area contributed by atoms with Gasteiger partial charge in [0.2, 0.25) is 0 Å². The average Bonchev–Trinajstić information content (AvgIpc) is 2.82. The summed E-state index contributed by atoms with van der Waals surface area (Å²) in [7, 11) is 0. The summed E-state index contributed by atoms with van der Waals surface area (Å²) in [6, 6.07) is 3.96. The van der Waals surface area contributed by atoms with Gasteiger partial charge in [-0.1, -0.05) is 19.3 Å². The van der Waals surface area contributed by atoms with E-state index in [1.165, 1.54) is 32.1 Å². The van der Waals surface area contributed by atoms with Crippen molar-refractivity contribution in [3.05, 3.63) is 22.4 Å². The van der Waals surface area contributed by atoms with E-state index in [1.54, 1.807) is 4.52 Å². The van der Waals surface area contributed by atoms with Crippen LogP contribution in [0.25, 0.3) is 5.65 Å². The molecule has 0 atom stereocenters. The summed E-state index contributed by atoms with van der Waals surface area (Å²) < 4.78 is 2.64. The van der Waals surface area contributed by atoms with E-state index >= 15 is 0 Å². The zero-order valence-corrected chi connectivity index (χ0v) is 13.1. The van der Waals surface area contributed by atoms with Gasteiger partial charge >= 0.3 is 0 Å². The molecule has 0 amide bonds. The van der Waals surface area contributed by atoms with E-state index < -0.39 is 0 Å². The lowest BCUT2D eigenvalue weighted by Gasteiger charge is -2.21. The standard InChI is InChI=1S/C14H20BrN5/c15-14-11(8-16)18-13-7-6-12(19-20(13)14)17-9-10-4-2-1-3-5-10/h6-7,10H,1-5,8-9,16H2,(H,17,19). The molecule has 1 saturated carbocycles. The maximum atomic E-state index is 5.66. The summed E-state index contributed by atoms with van der Waals surface area (Å²) in [6.07, 6.45) is 6.80. The molecule has 20 heavy (non-hydrogen) atoms. The first kappa shape index (κ1) is 13.8. The molecule has 0 spiro atoms. The van der Waals surface area contributed by atoms with Gasteiger partial charge in [-0.3, -0.25) is 0 Å². The van der Waals surface area contributed by atoms with E-state index in [9.17, 15) is 0 Å². The molecule has 0 radical (unpaired) electrons. The lowest BCUT2D eigenvalue weighted by molar-refractivity contribution is 0.373. The van der Waals surface area contributed by atoms with Crippen LogP contribution in [0.1, 0.15) is 37.8 Å². The zero-order valence-electron chi connectivity index (χ0n) is 11.5. The van der Waals surface area contributed by atoms with Crippen molar-refractivity contribution < 1.29 is 0 Å². The van der Waals surface area contributed by atoms with Gasteiger partial charge in [-0.2, -0.15) is 0 Å². The third kappa shape index (κ3) is 2.81. The van der Waals surface area contributed by atoms with Crippen LogP contribution < -0.4 is 11.1 Å². The van der Waals surface area contributed by atoms with Crippen LogP contribution in [0.4, 0.5) is 5.82 Å². The van der Waals surface area contributed by atoms with Crippen molar-refractivity contribution in [1.29, 1.82) is 0 Å². The molecule has 0 bridgehead atoms. The fraction of sp³-hybridized carbons (Fsp3) is 0.571. The molecular formula is C14H20BrN5. The third-order valence-electron chi connectivity index (χ3n) is 3.98. The Kier molecular flexibility index (Phi) is 4.21. The minimum Gasteiger partial charge on any atom is -0.368 e. The number of anilines is 1. The fourth-order valence-corrected chi connectivity index (χ4v) is 3.33. The Balaban J connectivity index is 1.73. The second kappa shape index (κ2) is 6.10. The minimum atomic E-state index is 0.411. The van der Waals surface area contributed by atoms with Gasteiger partial charge < -0.3 is 11.1 Å². The lowest BCUT2D eigenvalue weighted by atomic mass is 9.89. The Morgan fingerprint density at radius 3 is 2.85 bits per heavy atom. The molecule has 5 nitrogen and oxygen atoms in total. The van der Waals surface area contributed by atoms with Gasteiger partial charge in [0.25, 0.3) is 0 Å². The van der Waals surface area contributed by atoms with Crippen molar-refractivity contribution >= 4 is 27.4 Å². The molecule has 108 valence electrons. The maximum absolute atomic E-state index is 5.66. The van der Waals surface area contributed by atoms with Crippen LogP contribution in [0.2, 0.25) is 0 Å². The van der Waals surface area contributed by atoms with Crippen molar-refractivity contribution in [3.8, 4) is 0 Å². The first-order valence-electron chi connectivity index (χ1n) is 7.26. The molecule has 0 aliphatic heterocycles. The van der Waals surface area contributed by atoms with Crippen molar-refractivity contribution in [2.45, 2.75) is 38.6 Å². The van der Waals surface area contributed by atoms with Crippen LogP contribution in [-0.4, -0.2) is 21.1 Å². The quantitative estimate of drug-likeness (QED) is 0.899. The molecule has 3 N–H and O–H groups in total. The molecule has 6 heteroatoms. The second-order valence-electron chi connectivity index (χ2n) is 5.43. The molecule has 2 aromatic heterocycles. The van der Waals surface area contributed by atoms with E-state index in [0.717, 1.165) is 34.2 Å². The predicted molar refractivity (Wildman–Crippen MR) is 83.6 cm³/mol. The number of aromatic nitrogens is 3. The van der Waals surface area contributed by atoms with E-state index in [0.29, 0.717) is 6.54 Å². The highest BCUT2D eigenvalue weighted by molar-refractivity contribution is 9.10. The monoisotopic (exact) mass is 337 g/mol. The van der Waals surface area contributed by atoms with Crippen LogP contribution in [0, 0.1) is 5.92 Å². The van der Waals surface area contributed by atoms with Gasteiger partial charge in [0.1, 0.15) is 10.4 Å². The number of hydrogen-bond acceptors (Lipinski definition) is 4. The summed E-state index contributed by atoms with van der Waals surface area (Å²) in [5, 5.41) is 8.02. The molecule has 2 aromatic rings. The molecule has 0 aromatic carbocycles. The van der Waals surface area contributed by atoms with Crippen LogP contribution in [-0.2, 0) is 6.54 Å². The number of nitrogens with one attached hydrogen (secondary N) is 1. The summed E-state index contributed by atoms with van der Waals surface area (Å²) >= 11 is 3.50. The molecule has 1 fully saturated rings. The SMILES string of the molecule is NCc1nc2ccc(NCC3CCCCC3)nn2c1Br. The molecule has 0 saturated heterocycles.